The van der Waals surface area contributed by atoms with Crippen molar-refractivity contribution < 1.29 is 9.59 Å². The number of hydrogen-bond donors (Lipinski definition) is 3. The molecule has 1 rings (SSSR count). The quantitative estimate of drug-likeness (QED) is 0.633. The topological polar surface area (TPSA) is 108 Å². The third-order valence-electron chi connectivity index (χ3n) is 3.76. The van der Waals surface area contributed by atoms with Crippen molar-refractivity contribution in [1.29, 1.82) is 5.26 Å². The highest BCUT2D eigenvalue weighted by Crippen LogP contribution is 2.38. The Labute approximate surface area is 125 Å². The van der Waals surface area contributed by atoms with Gasteiger partial charge in [0.15, 0.2) is 0 Å². The van der Waals surface area contributed by atoms with Gasteiger partial charge in [0.05, 0.1) is 6.07 Å². The summed E-state index contributed by atoms with van der Waals surface area (Å²) in [4.78, 5) is 25.0. The molecule has 6 heteroatoms. The first-order chi connectivity index (χ1) is 10.0. The van der Waals surface area contributed by atoms with Crippen LogP contribution in [0.25, 0.3) is 0 Å². The largest absolute Gasteiger partial charge is 0.401 e. The second-order valence-corrected chi connectivity index (χ2v) is 5.39. The van der Waals surface area contributed by atoms with E-state index in [4.69, 9.17) is 11.0 Å². The maximum absolute atomic E-state index is 12.5. The second-order valence-electron chi connectivity index (χ2n) is 5.39. The molecule has 0 bridgehead atoms. The molecular weight excluding hydrogens is 268 g/mol. The summed E-state index contributed by atoms with van der Waals surface area (Å²) in [5.41, 5.74) is 5.43. The molecule has 0 unspecified atom stereocenters. The molecule has 0 aliphatic heterocycles. The molecule has 0 aromatic rings. The van der Waals surface area contributed by atoms with Crippen molar-refractivity contribution in [2.24, 2.45) is 11.1 Å². The summed E-state index contributed by atoms with van der Waals surface area (Å²) in [6.07, 6.45) is 2.40. The van der Waals surface area contributed by atoms with Crippen molar-refractivity contribution in [2.45, 2.75) is 46.0 Å². The van der Waals surface area contributed by atoms with Gasteiger partial charge >= 0.3 is 0 Å². The number of nitrogens with two attached hydrogens (primary N) is 1. The molecular formula is C15H24N4O2. The van der Waals surface area contributed by atoms with Gasteiger partial charge in [-0.1, -0.05) is 13.8 Å². The number of rotatable bonds is 6. The van der Waals surface area contributed by atoms with E-state index in [2.05, 4.69) is 10.6 Å². The number of nitrogens with one attached hydrogen (secondary N) is 2. The Hall–Kier alpha value is -2.03. The van der Waals surface area contributed by atoms with Gasteiger partial charge in [0.2, 0.25) is 11.8 Å². The van der Waals surface area contributed by atoms with Crippen LogP contribution in [-0.2, 0) is 9.59 Å². The predicted octanol–water partition coefficient (Wildman–Crippen LogP) is 0.945. The summed E-state index contributed by atoms with van der Waals surface area (Å²) in [7, 11) is 0. The highest BCUT2D eigenvalue weighted by atomic mass is 16.2. The van der Waals surface area contributed by atoms with E-state index in [0.717, 1.165) is 12.8 Å². The molecule has 0 heterocycles. The van der Waals surface area contributed by atoms with Gasteiger partial charge < -0.3 is 16.4 Å². The molecule has 6 nitrogen and oxygen atoms in total. The molecule has 0 fully saturated rings. The number of allylic oxidation sites excluding steroid dienone is 2. The molecule has 1 aliphatic carbocycles. The van der Waals surface area contributed by atoms with Crippen LogP contribution in [0.2, 0.25) is 0 Å². The molecule has 0 spiro atoms. The van der Waals surface area contributed by atoms with Crippen LogP contribution in [0.1, 0.15) is 46.0 Å². The van der Waals surface area contributed by atoms with Crippen molar-refractivity contribution >= 4 is 11.8 Å². The number of hydrogen-bond acceptors (Lipinski definition) is 4. The van der Waals surface area contributed by atoms with E-state index in [1.165, 1.54) is 0 Å². The molecule has 0 saturated heterocycles. The lowest BCUT2D eigenvalue weighted by molar-refractivity contribution is -0.144. The van der Waals surface area contributed by atoms with Crippen LogP contribution >= 0.6 is 0 Å². The van der Waals surface area contributed by atoms with Crippen LogP contribution in [-0.4, -0.2) is 24.9 Å². The van der Waals surface area contributed by atoms with Crippen LogP contribution in [0.4, 0.5) is 0 Å². The highest BCUT2D eigenvalue weighted by molar-refractivity contribution is 6.05. The summed E-state index contributed by atoms with van der Waals surface area (Å²) in [5.74, 6) is -0.614. The van der Waals surface area contributed by atoms with E-state index in [-0.39, 0.29) is 18.2 Å². The van der Waals surface area contributed by atoms with Gasteiger partial charge in [-0.05, 0) is 25.7 Å². The maximum atomic E-state index is 12.5. The summed E-state index contributed by atoms with van der Waals surface area (Å²) < 4.78 is 0. The lowest BCUT2D eigenvalue weighted by Crippen LogP contribution is -2.53. The van der Waals surface area contributed by atoms with E-state index < -0.39 is 5.41 Å². The van der Waals surface area contributed by atoms with Gasteiger partial charge in [-0.15, -0.1) is 0 Å². The molecule has 4 N–H and O–H groups in total. The average molecular weight is 292 g/mol. The second kappa shape index (κ2) is 7.67. The van der Waals surface area contributed by atoms with Crippen LogP contribution < -0.4 is 16.4 Å². The van der Waals surface area contributed by atoms with E-state index in [1.54, 1.807) is 0 Å². The third-order valence-corrected chi connectivity index (χ3v) is 3.76. The first-order valence-electron chi connectivity index (χ1n) is 7.46. The molecule has 0 atom stereocenters. The zero-order valence-electron chi connectivity index (χ0n) is 12.8. The Balaban J connectivity index is 3.04. The molecule has 2 amide bonds. The van der Waals surface area contributed by atoms with E-state index in [1.807, 2.05) is 19.9 Å². The van der Waals surface area contributed by atoms with Gasteiger partial charge in [0, 0.05) is 30.8 Å². The zero-order chi connectivity index (χ0) is 15.9. The van der Waals surface area contributed by atoms with E-state index in [0.29, 0.717) is 37.2 Å². The number of nitriles is 1. The molecule has 0 aromatic carbocycles. The summed E-state index contributed by atoms with van der Waals surface area (Å²) in [6.45, 7) is 4.93. The van der Waals surface area contributed by atoms with E-state index >= 15 is 0 Å². The highest BCUT2D eigenvalue weighted by Gasteiger charge is 2.48. The minimum absolute atomic E-state index is 0.0838. The Morgan fingerprint density at radius 3 is 2.19 bits per heavy atom. The SMILES string of the molecule is CCCNC(=O)C1(C(=O)NCCC)CCC(N)=C(C#N)C1. The van der Waals surface area contributed by atoms with Gasteiger partial charge in [-0.3, -0.25) is 9.59 Å². The predicted molar refractivity (Wildman–Crippen MR) is 79.7 cm³/mol. The maximum Gasteiger partial charge on any atom is 0.236 e. The fourth-order valence-electron chi connectivity index (χ4n) is 2.42. The first kappa shape index (κ1) is 17.0. The summed E-state index contributed by atoms with van der Waals surface area (Å²) >= 11 is 0. The number of amides is 2. The van der Waals surface area contributed by atoms with Gasteiger partial charge in [-0.25, -0.2) is 0 Å². The first-order valence-corrected chi connectivity index (χ1v) is 7.46. The number of nitrogens with zero attached hydrogens (tertiary/aromatic N) is 1. The lowest BCUT2D eigenvalue weighted by Gasteiger charge is -2.34. The van der Waals surface area contributed by atoms with E-state index in [9.17, 15) is 9.59 Å². The minimum atomic E-state index is -1.21. The Morgan fingerprint density at radius 2 is 1.76 bits per heavy atom. The van der Waals surface area contributed by atoms with Crippen molar-refractivity contribution in [2.75, 3.05) is 13.1 Å². The van der Waals surface area contributed by atoms with Crippen LogP contribution in [0.3, 0.4) is 0 Å². The summed E-state index contributed by atoms with van der Waals surface area (Å²) in [6, 6.07) is 2.02. The Morgan fingerprint density at radius 1 is 1.24 bits per heavy atom. The number of carbonyl (C=O) groups excluding carboxylic acids is 2. The van der Waals surface area contributed by atoms with Crippen LogP contribution in [0, 0.1) is 16.7 Å². The molecule has 0 saturated carbocycles. The Bertz CT molecular complexity index is 457. The number of carbonyl (C=O) groups is 2. The van der Waals surface area contributed by atoms with Crippen molar-refractivity contribution in [3.8, 4) is 6.07 Å². The zero-order valence-corrected chi connectivity index (χ0v) is 12.8. The lowest BCUT2D eigenvalue weighted by atomic mass is 9.71. The van der Waals surface area contributed by atoms with Crippen molar-refractivity contribution in [3.63, 3.8) is 0 Å². The fraction of sp³-hybridized carbons (Fsp3) is 0.667. The standard InChI is InChI=1S/C15H24N4O2/c1-3-7-18-13(20)15(14(21)19-8-4-2)6-5-12(17)11(9-15)10-16/h3-9,17H2,1-2H3,(H,18,20)(H,19,21). The van der Waals surface area contributed by atoms with Crippen LogP contribution in [0.15, 0.2) is 11.3 Å². The summed E-state index contributed by atoms with van der Waals surface area (Å²) in [5, 5.41) is 14.7. The van der Waals surface area contributed by atoms with Crippen molar-refractivity contribution in [1.82, 2.24) is 10.6 Å². The smallest absolute Gasteiger partial charge is 0.236 e. The minimum Gasteiger partial charge on any atom is -0.401 e. The molecule has 21 heavy (non-hydrogen) atoms. The normalized spacial score (nSPS) is 17.0. The molecule has 116 valence electrons. The monoisotopic (exact) mass is 292 g/mol. The average Bonchev–Trinajstić information content (AvgIpc) is 2.50. The third kappa shape index (κ3) is 3.75. The fourth-order valence-corrected chi connectivity index (χ4v) is 2.42. The van der Waals surface area contributed by atoms with Gasteiger partial charge in [-0.2, -0.15) is 5.26 Å². The molecule has 0 aromatic heterocycles. The Kier molecular flexibility index (Phi) is 6.22. The van der Waals surface area contributed by atoms with Gasteiger partial charge in [0.1, 0.15) is 5.41 Å². The van der Waals surface area contributed by atoms with Crippen LogP contribution in [0.5, 0.6) is 0 Å². The van der Waals surface area contributed by atoms with Gasteiger partial charge in [0.25, 0.3) is 0 Å². The molecule has 0 radical (unpaired) electrons. The molecule has 1 aliphatic rings. The van der Waals surface area contributed by atoms with Crippen molar-refractivity contribution in [3.05, 3.63) is 11.3 Å².